The van der Waals surface area contributed by atoms with Crippen molar-refractivity contribution in [2.24, 2.45) is 0 Å². The SMILES string of the molecule is O=C1Nc2ccc(Cl)c(F)c2[C@@]2(CCCN(C(=O)c3cnn(Cc4noc5ccccc45)c3)C2)O1. The number of halogens is 2. The van der Waals surface area contributed by atoms with Gasteiger partial charge in [0.15, 0.2) is 17.0 Å². The predicted octanol–water partition coefficient (Wildman–Crippen LogP) is 4.56. The predicted molar refractivity (Wildman–Crippen MR) is 124 cm³/mol. The Morgan fingerprint density at radius 1 is 1.26 bits per heavy atom. The van der Waals surface area contributed by atoms with Crippen molar-refractivity contribution in [3.05, 3.63) is 76.5 Å². The van der Waals surface area contributed by atoms with E-state index in [1.165, 1.54) is 12.3 Å². The third-order valence-electron chi connectivity index (χ3n) is 6.46. The number of carbonyl (C=O) groups excluding carboxylic acids is 2. The molecule has 0 radical (unpaired) electrons. The molecule has 35 heavy (non-hydrogen) atoms. The number of fused-ring (bicyclic) bond motifs is 3. The molecule has 1 spiro atoms. The number of nitrogens with zero attached hydrogens (tertiary/aromatic N) is 4. The van der Waals surface area contributed by atoms with Gasteiger partial charge < -0.3 is 14.2 Å². The van der Waals surface area contributed by atoms with Crippen LogP contribution in [-0.2, 0) is 16.9 Å². The topological polar surface area (TPSA) is 102 Å². The lowest BCUT2D eigenvalue weighted by atomic mass is 9.83. The lowest BCUT2D eigenvalue weighted by molar-refractivity contribution is -0.0418. The lowest BCUT2D eigenvalue weighted by Gasteiger charge is -2.45. The molecule has 1 fully saturated rings. The summed E-state index contributed by atoms with van der Waals surface area (Å²) in [5.41, 5.74) is 0.873. The number of likely N-dealkylation sites (tertiary alicyclic amines) is 1. The molecule has 1 atom stereocenters. The monoisotopic (exact) mass is 495 g/mol. The molecule has 0 unspecified atom stereocenters. The highest BCUT2D eigenvalue weighted by Crippen LogP contribution is 2.45. The summed E-state index contributed by atoms with van der Waals surface area (Å²) in [6.45, 7) is 0.763. The number of piperidine rings is 1. The number of aromatic nitrogens is 3. The van der Waals surface area contributed by atoms with E-state index in [1.807, 2.05) is 24.3 Å². The van der Waals surface area contributed by atoms with Crippen LogP contribution in [0.1, 0.15) is 34.5 Å². The summed E-state index contributed by atoms with van der Waals surface area (Å²) < 4.78 is 27.7. The van der Waals surface area contributed by atoms with Gasteiger partial charge in [0.2, 0.25) is 0 Å². The van der Waals surface area contributed by atoms with Crippen LogP contribution in [0.5, 0.6) is 0 Å². The Balaban J connectivity index is 1.26. The zero-order valence-corrected chi connectivity index (χ0v) is 19.1. The number of rotatable bonds is 3. The molecule has 1 N–H and O–H groups in total. The summed E-state index contributed by atoms with van der Waals surface area (Å²) in [5, 5.41) is 11.7. The van der Waals surface area contributed by atoms with Gasteiger partial charge in [0, 0.05) is 18.1 Å². The van der Waals surface area contributed by atoms with Gasteiger partial charge in [-0.1, -0.05) is 28.9 Å². The highest BCUT2D eigenvalue weighted by Gasteiger charge is 2.48. The maximum Gasteiger partial charge on any atom is 0.412 e. The lowest BCUT2D eigenvalue weighted by Crippen LogP contribution is -2.53. The Morgan fingerprint density at radius 3 is 3.00 bits per heavy atom. The zero-order valence-electron chi connectivity index (χ0n) is 18.3. The Labute approximate surface area is 203 Å². The maximum absolute atomic E-state index is 15.1. The molecule has 4 aromatic rings. The summed E-state index contributed by atoms with van der Waals surface area (Å²) in [4.78, 5) is 27.2. The Kier molecular flexibility index (Phi) is 4.99. The van der Waals surface area contributed by atoms with E-state index < -0.39 is 17.5 Å². The van der Waals surface area contributed by atoms with Gasteiger partial charge >= 0.3 is 6.09 Å². The van der Waals surface area contributed by atoms with Gasteiger partial charge in [-0.05, 0) is 37.1 Å². The van der Waals surface area contributed by atoms with E-state index in [0.29, 0.717) is 48.5 Å². The van der Waals surface area contributed by atoms with Gasteiger partial charge in [0.05, 0.1) is 41.1 Å². The molecule has 2 aliphatic heterocycles. The minimum absolute atomic E-state index is 0.00260. The molecule has 9 nitrogen and oxygen atoms in total. The number of carbonyl (C=O) groups is 2. The smallest absolute Gasteiger partial charge is 0.412 e. The van der Waals surface area contributed by atoms with E-state index in [2.05, 4.69) is 15.6 Å². The fourth-order valence-electron chi connectivity index (χ4n) is 4.90. The molecule has 0 bridgehead atoms. The van der Waals surface area contributed by atoms with Crippen molar-refractivity contribution in [1.29, 1.82) is 0 Å². The van der Waals surface area contributed by atoms with Crippen molar-refractivity contribution in [2.45, 2.75) is 25.0 Å². The van der Waals surface area contributed by atoms with E-state index >= 15 is 4.39 Å². The summed E-state index contributed by atoms with van der Waals surface area (Å²) in [6, 6.07) is 10.4. The second-order valence-electron chi connectivity index (χ2n) is 8.68. The standard InChI is InChI=1S/C24H19ClFN5O4/c25-16-6-7-17-20(21(16)26)24(34-23(33)28-17)8-3-9-30(13-24)22(32)14-10-27-31(11-14)12-18-15-4-1-2-5-19(15)35-29-18/h1-2,4-7,10-11H,3,8-9,12-13H2,(H,28,33)/t24-/m0/s1. The van der Waals surface area contributed by atoms with Crippen LogP contribution in [0.15, 0.2) is 53.3 Å². The zero-order chi connectivity index (χ0) is 24.2. The molecule has 2 aromatic carbocycles. The minimum Gasteiger partial charge on any atom is -0.436 e. The summed E-state index contributed by atoms with van der Waals surface area (Å²) in [7, 11) is 0. The number of nitrogens with one attached hydrogen (secondary N) is 1. The van der Waals surface area contributed by atoms with Crippen molar-refractivity contribution in [3.63, 3.8) is 0 Å². The van der Waals surface area contributed by atoms with E-state index in [-0.39, 0.29) is 23.0 Å². The van der Waals surface area contributed by atoms with Crippen molar-refractivity contribution in [1.82, 2.24) is 19.8 Å². The summed E-state index contributed by atoms with van der Waals surface area (Å²) in [5.74, 6) is -0.954. The molecule has 2 aliphatic rings. The number of hydrogen-bond acceptors (Lipinski definition) is 6. The van der Waals surface area contributed by atoms with Crippen LogP contribution in [0.3, 0.4) is 0 Å². The molecule has 6 rings (SSSR count). The number of benzene rings is 2. The molecule has 2 amide bonds. The van der Waals surface area contributed by atoms with Gasteiger partial charge in [-0.25, -0.2) is 9.18 Å². The number of para-hydroxylation sites is 1. The van der Waals surface area contributed by atoms with Crippen LogP contribution in [-0.4, -0.2) is 44.9 Å². The molecule has 178 valence electrons. The van der Waals surface area contributed by atoms with E-state index in [1.54, 1.807) is 21.8 Å². The number of amides is 2. The van der Waals surface area contributed by atoms with E-state index in [9.17, 15) is 9.59 Å². The molecule has 0 saturated carbocycles. The third kappa shape index (κ3) is 3.61. The first-order chi connectivity index (χ1) is 16.9. The normalized spacial score (nSPS) is 19.5. The third-order valence-corrected chi connectivity index (χ3v) is 6.75. The molecule has 2 aromatic heterocycles. The van der Waals surface area contributed by atoms with E-state index in [0.717, 1.165) is 5.39 Å². The number of ether oxygens (including phenoxy) is 1. The first-order valence-electron chi connectivity index (χ1n) is 11.1. The average molecular weight is 496 g/mol. The molecule has 11 heteroatoms. The fourth-order valence-corrected chi connectivity index (χ4v) is 5.05. The second kappa shape index (κ2) is 8.09. The first kappa shape index (κ1) is 21.6. The second-order valence-corrected chi connectivity index (χ2v) is 9.08. The van der Waals surface area contributed by atoms with Gasteiger partial charge in [-0.15, -0.1) is 0 Å². The van der Waals surface area contributed by atoms with Crippen molar-refractivity contribution in [2.75, 3.05) is 18.4 Å². The highest BCUT2D eigenvalue weighted by molar-refractivity contribution is 6.31. The van der Waals surface area contributed by atoms with Gasteiger partial charge in [-0.2, -0.15) is 5.10 Å². The molecular weight excluding hydrogens is 477 g/mol. The molecule has 0 aliphatic carbocycles. The average Bonchev–Trinajstić information content (AvgIpc) is 3.48. The maximum atomic E-state index is 15.1. The van der Waals surface area contributed by atoms with Crippen LogP contribution in [0.2, 0.25) is 5.02 Å². The van der Waals surface area contributed by atoms with Crippen molar-refractivity contribution >= 4 is 40.3 Å². The molecule has 1 saturated heterocycles. The van der Waals surface area contributed by atoms with Gasteiger partial charge in [-0.3, -0.25) is 14.8 Å². The Hall–Kier alpha value is -3.92. The number of anilines is 1. The Bertz CT molecular complexity index is 1480. The van der Waals surface area contributed by atoms with E-state index in [4.69, 9.17) is 20.9 Å². The van der Waals surface area contributed by atoms with Gasteiger partial charge in [0.25, 0.3) is 5.91 Å². The fraction of sp³-hybridized carbons (Fsp3) is 0.250. The quantitative estimate of drug-likeness (QED) is 0.447. The van der Waals surface area contributed by atoms with Crippen LogP contribution in [0.25, 0.3) is 11.0 Å². The van der Waals surface area contributed by atoms with Crippen LogP contribution >= 0.6 is 11.6 Å². The summed E-state index contributed by atoms with van der Waals surface area (Å²) in [6.07, 6.45) is 3.30. The van der Waals surface area contributed by atoms with Crippen molar-refractivity contribution in [3.8, 4) is 0 Å². The van der Waals surface area contributed by atoms with Crippen molar-refractivity contribution < 1.29 is 23.2 Å². The van der Waals surface area contributed by atoms with Crippen LogP contribution in [0, 0.1) is 5.82 Å². The molecular formula is C24H19ClFN5O4. The highest BCUT2D eigenvalue weighted by atomic mass is 35.5. The summed E-state index contributed by atoms with van der Waals surface area (Å²) >= 11 is 6.03. The first-order valence-corrected chi connectivity index (χ1v) is 11.4. The molecule has 4 heterocycles. The Morgan fingerprint density at radius 2 is 2.11 bits per heavy atom. The minimum atomic E-state index is -1.32. The van der Waals surface area contributed by atoms with Crippen LogP contribution in [0.4, 0.5) is 14.9 Å². The number of hydrogen-bond donors (Lipinski definition) is 1. The van der Waals surface area contributed by atoms with Crippen LogP contribution < -0.4 is 5.32 Å². The van der Waals surface area contributed by atoms with Gasteiger partial charge in [0.1, 0.15) is 5.69 Å². The largest absolute Gasteiger partial charge is 0.436 e.